The van der Waals surface area contributed by atoms with E-state index in [1.165, 1.54) is 5.56 Å². The molecule has 5 rings (SSSR count). The highest BCUT2D eigenvalue weighted by Crippen LogP contribution is 2.32. The first-order chi connectivity index (χ1) is 14.5. The van der Waals surface area contributed by atoms with Gasteiger partial charge in [-0.3, -0.25) is 4.79 Å². The molecular formula is C25H24N4O. The molecule has 0 bridgehead atoms. The molecule has 30 heavy (non-hydrogen) atoms. The van der Waals surface area contributed by atoms with Gasteiger partial charge in [-0.1, -0.05) is 24.3 Å². The van der Waals surface area contributed by atoms with Crippen LogP contribution in [0.2, 0.25) is 0 Å². The molecule has 5 heteroatoms. The van der Waals surface area contributed by atoms with Crippen LogP contribution in [0.4, 0.5) is 0 Å². The largest absolute Gasteiger partial charge is 0.328 e. The quantitative estimate of drug-likeness (QED) is 0.502. The van der Waals surface area contributed by atoms with Crippen molar-refractivity contribution in [2.75, 3.05) is 0 Å². The van der Waals surface area contributed by atoms with Crippen LogP contribution in [0.3, 0.4) is 0 Å². The Morgan fingerprint density at radius 3 is 2.37 bits per heavy atom. The van der Waals surface area contributed by atoms with Crippen LogP contribution in [0.25, 0.3) is 11.5 Å². The van der Waals surface area contributed by atoms with E-state index in [-0.39, 0.29) is 5.91 Å². The van der Waals surface area contributed by atoms with Gasteiger partial charge in [-0.25, -0.2) is 4.68 Å². The number of aryl methyl sites for hydroxylation is 3. The van der Waals surface area contributed by atoms with Crippen LogP contribution in [-0.2, 0) is 13.1 Å². The van der Waals surface area contributed by atoms with E-state index in [2.05, 4.69) is 30.5 Å². The maximum absolute atomic E-state index is 13.2. The number of aromatic nitrogens is 3. The minimum absolute atomic E-state index is 0.0528. The van der Waals surface area contributed by atoms with E-state index in [9.17, 15) is 4.79 Å². The Morgan fingerprint density at radius 2 is 1.63 bits per heavy atom. The topological polar surface area (TPSA) is 43.1 Å². The van der Waals surface area contributed by atoms with Crippen LogP contribution >= 0.6 is 0 Å². The summed E-state index contributed by atoms with van der Waals surface area (Å²) in [6, 6.07) is 18.2. The molecule has 1 aliphatic rings. The molecule has 2 aromatic carbocycles. The van der Waals surface area contributed by atoms with Gasteiger partial charge in [0.05, 0.1) is 24.5 Å². The van der Waals surface area contributed by atoms with E-state index >= 15 is 0 Å². The summed E-state index contributed by atoms with van der Waals surface area (Å²) in [5.41, 5.74) is 7.34. The van der Waals surface area contributed by atoms with E-state index in [0.29, 0.717) is 13.1 Å². The number of rotatable bonds is 3. The number of nitrogens with zero attached hydrogens (tertiary/aromatic N) is 4. The number of amides is 1. The van der Waals surface area contributed by atoms with Crippen molar-refractivity contribution in [3.8, 4) is 11.5 Å². The van der Waals surface area contributed by atoms with Gasteiger partial charge in [0.25, 0.3) is 5.91 Å². The molecular weight excluding hydrogens is 372 g/mol. The minimum Gasteiger partial charge on any atom is -0.328 e. The zero-order chi connectivity index (χ0) is 20.8. The summed E-state index contributed by atoms with van der Waals surface area (Å²) in [6.07, 6.45) is 4.06. The lowest BCUT2D eigenvalue weighted by Crippen LogP contribution is -2.26. The molecule has 0 N–H and O–H groups in total. The van der Waals surface area contributed by atoms with Crippen molar-refractivity contribution in [2.24, 2.45) is 0 Å². The van der Waals surface area contributed by atoms with Crippen molar-refractivity contribution in [3.63, 3.8) is 0 Å². The van der Waals surface area contributed by atoms with Crippen LogP contribution in [0.1, 0.15) is 38.3 Å². The average Bonchev–Trinajstić information content (AvgIpc) is 3.45. The molecule has 150 valence electrons. The van der Waals surface area contributed by atoms with Crippen molar-refractivity contribution in [1.82, 2.24) is 19.2 Å². The number of hydrogen-bond acceptors (Lipinski definition) is 2. The molecule has 0 unspecified atom stereocenters. The zero-order valence-corrected chi connectivity index (χ0v) is 17.5. The van der Waals surface area contributed by atoms with Gasteiger partial charge < -0.3 is 9.47 Å². The molecule has 5 nitrogen and oxygen atoms in total. The molecule has 0 radical (unpaired) electrons. The number of carbonyl (C=O) groups excluding carboxylic acids is 1. The Balaban J connectivity index is 1.55. The van der Waals surface area contributed by atoms with Crippen LogP contribution in [-0.4, -0.2) is 25.2 Å². The van der Waals surface area contributed by atoms with Crippen molar-refractivity contribution in [3.05, 3.63) is 101 Å². The van der Waals surface area contributed by atoms with Gasteiger partial charge in [0.15, 0.2) is 0 Å². The third-order valence-electron chi connectivity index (χ3n) is 5.96. The maximum atomic E-state index is 13.2. The lowest BCUT2D eigenvalue weighted by molar-refractivity contribution is 0.0749. The first kappa shape index (κ1) is 18.4. The minimum atomic E-state index is 0.0528. The molecule has 0 saturated heterocycles. The zero-order valence-electron chi connectivity index (χ0n) is 17.5. The highest BCUT2D eigenvalue weighted by Gasteiger charge is 2.32. The predicted molar refractivity (Wildman–Crippen MR) is 117 cm³/mol. The summed E-state index contributed by atoms with van der Waals surface area (Å²) in [7, 11) is 0. The lowest BCUT2D eigenvalue weighted by atomic mass is 10.1. The lowest BCUT2D eigenvalue weighted by Gasteiger charge is -2.18. The SMILES string of the molecule is Cc1ccc(C(=O)N2Cc3nn(-c4ccccc4C)c(-n4cccc4)c3C2)cc1C. The number of fused-ring (bicyclic) bond motifs is 1. The fraction of sp³-hybridized carbons (Fsp3) is 0.200. The Kier molecular flexibility index (Phi) is 4.31. The second kappa shape index (κ2) is 7.02. The molecule has 0 fully saturated rings. The van der Waals surface area contributed by atoms with Crippen molar-refractivity contribution >= 4 is 5.91 Å². The van der Waals surface area contributed by atoms with Crippen molar-refractivity contribution in [1.29, 1.82) is 0 Å². The number of benzene rings is 2. The Morgan fingerprint density at radius 1 is 0.867 bits per heavy atom. The summed E-state index contributed by atoms with van der Waals surface area (Å²) < 4.78 is 4.10. The fourth-order valence-corrected chi connectivity index (χ4v) is 4.11. The predicted octanol–water partition coefficient (Wildman–Crippen LogP) is 4.74. The molecule has 1 aliphatic heterocycles. The highest BCUT2D eigenvalue weighted by molar-refractivity contribution is 5.94. The van der Waals surface area contributed by atoms with E-state index in [1.54, 1.807) is 0 Å². The molecule has 0 aliphatic carbocycles. The Bertz CT molecular complexity index is 1250. The number of para-hydroxylation sites is 1. The standard InChI is InChI=1S/C25H24N4O/c1-17-10-11-20(14-19(17)3)25(30)28-15-21-22(16-28)26-29(23-9-5-4-8-18(23)2)24(21)27-12-6-7-13-27/h4-14H,15-16H2,1-3H3. The normalized spacial score (nSPS) is 13.0. The van der Waals surface area contributed by atoms with E-state index in [1.807, 2.05) is 71.4 Å². The first-order valence-corrected chi connectivity index (χ1v) is 10.2. The van der Waals surface area contributed by atoms with Gasteiger partial charge >= 0.3 is 0 Å². The van der Waals surface area contributed by atoms with Crippen LogP contribution in [0, 0.1) is 20.8 Å². The van der Waals surface area contributed by atoms with Crippen LogP contribution < -0.4 is 0 Å². The summed E-state index contributed by atoms with van der Waals surface area (Å²) in [4.78, 5) is 15.1. The molecule has 2 aromatic heterocycles. The smallest absolute Gasteiger partial charge is 0.254 e. The fourth-order valence-electron chi connectivity index (χ4n) is 4.11. The Labute approximate surface area is 176 Å². The van der Waals surface area contributed by atoms with Gasteiger partial charge in [0.2, 0.25) is 0 Å². The van der Waals surface area contributed by atoms with Crippen molar-refractivity contribution < 1.29 is 4.79 Å². The second-order valence-electron chi connectivity index (χ2n) is 8.00. The van der Waals surface area contributed by atoms with Gasteiger partial charge in [-0.2, -0.15) is 5.10 Å². The third-order valence-corrected chi connectivity index (χ3v) is 5.96. The number of carbonyl (C=O) groups is 1. The van der Waals surface area contributed by atoms with Crippen molar-refractivity contribution in [2.45, 2.75) is 33.9 Å². The molecule has 0 atom stereocenters. The summed E-state index contributed by atoms with van der Waals surface area (Å²) in [5, 5.41) is 4.94. The maximum Gasteiger partial charge on any atom is 0.254 e. The molecule has 4 aromatic rings. The van der Waals surface area contributed by atoms with Gasteiger partial charge in [-0.15, -0.1) is 0 Å². The van der Waals surface area contributed by atoms with E-state index in [4.69, 9.17) is 5.10 Å². The van der Waals surface area contributed by atoms with E-state index in [0.717, 1.165) is 39.5 Å². The highest BCUT2D eigenvalue weighted by atomic mass is 16.2. The van der Waals surface area contributed by atoms with Gasteiger partial charge in [0, 0.05) is 23.5 Å². The number of hydrogen-bond donors (Lipinski definition) is 0. The monoisotopic (exact) mass is 396 g/mol. The Hall–Kier alpha value is -3.60. The third kappa shape index (κ3) is 2.94. The molecule has 1 amide bonds. The summed E-state index contributed by atoms with van der Waals surface area (Å²) >= 11 is 0. The first-order valence-electron chi connectivity index (χ1n) is 10.2. The molecule has 3 heterocycles. The van der Waals surface area contributed by atoms with E-state index < -0.39 is 0 Å². The summed E-state index contributed by atoms with van der Waals surface area (Å²) in [5.74, 6) is 1.05. The molecule has 0 spiro atoms. The van der Waals surface area contributed by atoms with Crippen LogP contribution in [0.15, 0.2) is 67.0 Å². The second-order valence-corrected chi connectivity index (χ2v) is 8.00. The average molecular weight is 396 g/mol. The van der Waals surface area contributed by atoms with Crippen LogP contribution in [0.5, 0.6) is 0 Å². The van der Waals surface area contributed by atoms with Gasteiger partial charge in [-0.05, 0) is 67.8 Å². The van der Waals surface area contributed by atoms with Gasteiger partial charge in [0.1, 0.15) is 5.82 Å². The molecule has 0 saturated carbocycles. The summed E-state index contributed by atoms with van der Waals surface area (Å²) in [6.45, 7) is 7.28.